The summed E-state index contributed by atoms with van der Waals surface area (Å²) in [5.41, 5.74) is 3.38. The Morgan fingerprint density at radius 2 is 1.94 bits per heavy atom. The highest BCUT2D eigenvalue weighted by Gasteiger charge is 2.17. The molecule has 94 valence electrons. The average molecular weight is 232 g/mol. The van der Waals surface area contributed by atoms with Crippen molar-refractivity contribution in [1.29, 1.82) is 0 Å². The van der Waals surface area contributed by atoms with Crippen molar-refractivity contribution < 1.29 is 5.11 Å². The van der Waals surface area contributed by atoms with Crippen LogP contribution in [0.15, 0.2) is 24.8 Å². The molecule has 1 nitrogen and oxygen atoms in total. The van der Waals surface area contributed by atoms with Gasteiger partial charge in [-0.15, -0.1) is 6.58 Å². The minimum atomic E-state index is 0.116. The van der Waals surface area contributed by atoms with Crippen LogP contribution in [0.1, 0.15) is 44.4 Å². The van der Waals surface area contributed by atoms with Gasteiger partial charge >= 0.3 is 0 Å². The van der Waals surface area contributed by atoms with E-state index < -0.39 is 0 Å². The first-order chi connectivity index (χ1) is 7.75. The first-order valence-electron chi connectivity index (χ1n) is 6.21. The molecule has 1 rings (SSSR count). The predicted molar refractivity (Wildman–Crippen MR) is 74.6 cm³/mol. The van der Waals surface area contributed by atoms with E-state index in [1.807, 2.05) is 13.0 Å². The molecule has 0 saturated carbocycles. The van der Waals surface area contributed by atoms with Crippen LogP contribution in [0.4, 0.5) is 0 Å². The first-order valence-corrected chi connectivity index (χ1v) is 6.21. The Hall–Kier alpha value is -1.24. The zero-order valence-corrected chi connectivity index (χ0v) is 11.7. The average Bonchev–Trinajstić information content (AvgIpc) is 2.22. The molecule has 0 fully saturated rings. The first kappa shape index (κ1) is 13.8. The Kier molecular flexibility index (Phi) is 4.03. The number of aryl methyl sites for hydroxylation is 1. The quantitative estimate of drug-likeness (QED) is 0.768. The van der Waals surface area contributed by atoms with Gasteiger partial charge in [-0.1, -0.05) is 45.9 Å². The number of phenolic OH excluding ortho intramolecular Hbond substituents is 1. The summed E-state index contributed by atoms with van der Waals surface area (Å²) < 4.78 is 0. The molecular formula is C16H24O. The molecule has 17 heavy (non-hydrogen) atoms. The molecule has 0 amide bonds. The highest BCUT2D eigenvalue weighted by molar-refractivity contribution is 5.45. The van der Waals surface area contributed by atoms with Crippen molar-refractivity contribution in [2.75, 3.05) is 0 Å². The molecule has 1 aromatic carbocycles. The third-order valence-electron chi connectivity index (χ3n) is 3.19. The summed E-state index contributed by atoms with van der Waals surface area (Å²) in [4.78, 5) is 0. The van der Waals surface area contributed by atoms with Gasteiger partial charge in [0.1, 0.15) is 5.75 Å². The van der Waals surface area contributed by atoms with Gasteiger partial charge in [0.05, 0.1) is 0 Å². The number of hydrogen-bond acceptors (Lipinski definition) is 1. The van der Waals surface area contributed by atoms with Gasteiger partial charge in [0.2, 0.25) is 0 Å². The number of phenols is 1. The second-order valence-electron chi connectivity index (χ2n) is 5.97. The van der Waals surface area contributed by atoms with E-state index in [0.717, 1.165) is 17.5 Å². The van der Waals surface area contributed by atoms with Crippen LogP contribution in [0.3, 0.4) is 0 Å². The minimum Gasteiger partial charge on any atom is -0.507 e. The fourth-order valence-electron chi connectivity index (χ4n) is 1.87. The lowest BCUT2D eigenvalue weighted by atomic mass is 9.83. The van der Waals surface area contributed by atoms with Crippen molar-refractivity contribution in [3.63, 3.8) is 0 Å². The zero-order chi connectivity index (χ0) is 13.2. The van der Waals surface area contributed by atoms with E-state index in [9.17, 15) is 5.11 Å². The van der Waals surface area contributed by atoms with Crippen molar-refractivity contribution in [3.05, 3.63) is 41.5 Å². The van der Waals surface area contributed by atoms with Gasteiger partial charge in [0, 0.05) is 0 Å². The van der Waals surface area contributed by atoms with Crippen LogP contribution in [-0.2, 0) is 11.8 Å². The van der Waals surface area contributed by atoms with Gasteiger partial charge < -0.3 is 5.11 Å². The van der Waals surface area contributed by atoms with Crippen molar-refractivity contribution in [1.82, 2.24) is 0 Å². The molecule has 0 saturated heterocycles. The van der Waals surface area contributed by atoms with Crippen LogP contribution in [0.2, 0.25) is 0 Å². The van der Waals surface area contributed by atoms with Gasteiger partial charge in [-0.25, -0.2) is 0 Å². The van der Waals surface area contributed by atoms with Crippen LogP contribution in [-0.4, -0.2) is 5.11 Å². The molecule has 1 heteroatoms. The number of aromatic hydroxyl groups is 1. The Labute approximate surface area is 105 Å². The molecule has 1 atom stereocenters. The van der Waals surface area contributed by atoms with Gasteiger partial charge in [-0.2, -0.15) is 0 Å². The fraction of sp³-hybridized carbons (Fsp3) is 0.500. The number of hydrogen-bond donors (Lipinski definition) is 1. The second-order valence-corrected chi connectivity index (χ2v) is 5.97. The largest absolute Gasteiger partial charge is 0.507 e. The highest BCUT2D eigenvalue weighted by Crippen LogP contribution is 2.31. The third kappa shape index (κ3) is 3.36. The Balaban J connectivity index is 3.20. The number of allylic oxidation sites excluding steroid dienone is 1. The van der Waals surface area contributed by atoms with Crippen LogP contribution >= 0.6 is 0 Å². The minimum absolute atomic E-state index is 0.116. The van der Waals surface area contributed by atoms with Crippen molar-refractivity contribution in [2.24, 2.45) is 5.92 Å². The Morgan fingerprint density at radius 1 is 1.35 bits per heavy atom. The number of benzene rings is 1. The lowest BCUT2D eigenvalue weighted by Gasteiger charge is -2.22. The molecule has 1 aromatic rings. The van der Waals surface area contributed by atoms with Gasteiger partial charge in [-0.3, -0.25) is 0 Å². The third-order valence-corrected chi connectivity index (χ3v) is 3.19. The Morgan fingerprint density at radius 3 is 2.41 bits per heavy atom. The van der Waals surface area contributed by atoms with Gasteiger partial charge in [0.25, 0.3) is 0 Å². The van der Waals surface area contributed by atoms with E-state index in [4.69, 9.17) is 0 Å². The molecule has 1 unspecified atom stereocenters. The molecule has 0 radical (unpaired) electrons. The lowest BCUT2D eigenvalue weighted by molar-refractivity contribution is 0.459. The molecular weight excluding hydrogens is 208 g/mol. The van der Waals surface area contributed by atoms with Crippen molar-refractivity contribution in [3.8, 4) is 5.75 Å². The molecule has 0 aromatic heterocycles. The van der Waals surface area contributed by atoms with E-state index in [2.05, 4.69) is 46.4 Å². The van der Waals surface area contributed by atoms with Crippen molar-refractivity contribution in [2.45, 2.75) is 46.5 Å². The van der Waals surface area contributed by atoms with Crippen LogP contribution in [0, 0.1) is 12.8 Å². The summed E-state index contributed by atoms with van der Waals surface area (Å²) >= 11 is 0. The molecule has 0 spiro atoms. The summed E-state index contributed by atoms with van der Waals surface area (Å²) in [6.07, 6.45) is 2.78. The van der Waals surface area contributed by atoms with Crippen LogP contribution in [0.5, 0.6) is 5.75 Å². The highest BCUT2D eigenvalue weighted by atomic mass is 16.3. The predicted octanol–water partition coefficient (Wildman–Crippen LogP) is 4.36. The maximum Gasteiger partial charge on any atom is 0.121 e. The number of rotatable bonds is 3. The van der Waals surface area contributed by atoms with Crippen molar-refractivity contribution >= 4 is 0 Å². The maximum atomic E-state index is 10.1. The van der Waals surface area contributed by atoms with E-state index in [1.165, 1.54) is 5.56 Å². The standard InChI is InChI=1S/C16H24O/c1-7-11(2)8-13-10-14(16(4,5)6)9-12(3)15(13)17/h7,9-11,17H,1,8H2,2-6H3. The molecule has 0 bridgehead atoms. The maximum absolute atomic E-state index is 10.1. The Bertz CT molecular complexity index is 410. The van der Waals surface area contributed by atoms with Gasteiger partial charge in [0.15, 0.2) is 0 Å². The SMILES string of the molecule is C=CC(C)Cc1cc(C(C)(C)C)cc(C)c1O. The summed E-state index contributed by atoms with van der Waals surface area (Å²) in [7, 11) is 0. The topological polar surface area (TPSA) is 20.2 Å². The molecule has 0 aliphatic heterocycles. The summed E-state index contributed by atoms with van der Waals surface area (Å²) in [6.45, 7) is 14.5. The molecule has 0 heterocycles. The molecule has 1 N–H and O–H groups in total. The smallest absolute Gasteiger partial charge is 0.121 e. The van der Waals surface area contributed by atoms with Crippen LogP contribution < -0.4 is 0 Å². The molecule has 0 aliphatic rings. The summed E-state index contributed by atoms with van der Waals surface area (Å²) in [6, 6.07) is 4.21. The normalized spacial score (nSPS) is 13.5. The fourth-order valence-corrected chi connectivity index (χ4v) is 1.87. The van der Waals surface area contributed by atoms with E-state index in [1.54, 1.807) is 0 Å². The molecule has 0 aliphatic carbocycles. The van der Waals surface area contributed by atoms with E-state index in [0.29, 0.717) is 11.7 Å². The summed E-state index contributed by atoms with van der Waals surface area (Å²) in [5, 5.41) is 10.1. The second kappa shape index (κ2) is 4.95. The lowest BCUT2D eigenvalue weighted by Crippen LogP contribution is -2.12. The van der Waals surface area contributed by atoms with Crippen LogP contribution in [0.25, 0.3) is 0 Å². The van der Waals surface area contributed by atoms with E-state index >= 15 is 0 Å². The monoisotopic (exact) mass is 232 g/mol. The summed E-state index contributed by atoms with van der Waals surface area (Å²) in [5.74, 6) is 0.821. The zero-order valence-electron chi connectivity index (χ0n) is 11.7. The van der Waals surface area contributed by atoms with Gasteiger partial charge in [-0.05, 0) is 41.4 Å². The van der Waals surface area contributed by atoms with E-state index in [-0.39, 0.29) is 5.41 Å².